The summed E-state index contributed by atoms with van der Waals surface area (Å²) in [6, 6.07) is 4.84. The van der Waals surface area contributed by atoms with Crippen LogP contribution in [0.4, 0.5) is 8.78 Å². The zero-order valence-electron chi connectivity index (χ0n) is 9.27. The van der Waals surface area contributed by atoms with Crippen molar-refractivity contribution in [1.29, 1.82) is 5.26 Å². The monoisotopic (exact) mass is 299 g/mol. The van der Waals surface area contributed by atoms with Gasteiger partial charge < -0.3 is 0 Å². The van der Waals surface area contributed by atoms with Gasteiger partial charge in [-0.2, -0.15) is 5.26 Å². The highest BCUT2D eigenvalue weighted by Gasteiger charge is 2.36. The lowest BCUT2D eigenvalue weighted by molar-refractivity contribution is 0.388. The van der Waals surface area contributed by atoms with Crippen molar-refractivity contribution < 1.29 is 8.78 Å². The van der Waals surface area contributed by atoms with Gasteiger partial charge in [-0.1, -0.05) is 12.8 Å². The third-order valence-corrected chi connectivity index (χ3v) is 4.06. The third-order valence-electron chi connectivity index (χ3n) is 3.45. The van der Waals surface area contributed by atoms with Crippen LogP contribution in [0.15, 0.2) is 16.6 Å². The standard InChI is InChI=1S/C13H12BrF2N/c14-10-3-4-11(15)9(12(10)16)7-13(8-17)5-1-2-6-13/h3-4H,1-2,5-7H2. The number of halogens is 3. The average Bonchev–Trinajstić information content (AvgIpc) is 2.79. The predicted molar refractivity (Wildman–Crippen MR) is 64.3 cm³/mol. The Morgan fingerprint density at radius 1 is 1.29 bits per heavy atom. The largest absolute Gasteiger partial charge is 0.207 e. The fraction of sp³-hybridized carbons (Fsp3) is 0.462. The molecule has 17 heavy (non-hydrogen) atoms. The lowest BCUT2D eigenvalue weighted by Crippen LogP contribution is -2.19. The second-order valence-corrected chi connectivity index (χ2v) is 5.45. The highest BCUT2D eigenvalue weighted by Crippen LogP contribution is 2.41. The minimum absolute atomic E-state index is 0.0304. The van der Waals surface area contributed by atoms with Crippen molar-refractivity contribution >= 4 is 15.9 Å². The first-order chi connectivity index (χ1) is 8.08. The SMILES string of the molecule is N#CC1(Cc2c(F)ccc(Br)c2F)CCCC1. The van der Waals surface area contributed by atoms with Crippen LogP contribution in [0.25, 0.3) is 0 Å². The molecule has 4 heteroatoms. The first-order valence-corrected chi connectivity index (χ1v) is 6.41. The number of hydrogen-bond donors (Lipinski definition) is 0. The van der Waals surface area contributed by atoms with Crippen LogP contribution in [-0.4, -0.2) is 0 Å². The molecule has 0 aliphatic heterocycles. The molecule has 0 aromatic heterocycles. The summed E-state index contributed by atoms with van der Waals surface area (Å²) in [5.74, 6) is -1.14. The van der Waals surface area contributed by atoms with Gasteiger partial charge in [0.05, 0.1) is 16.0 Å². The van der Waals surface area contributed by atoms with E-state index in [2.05, 4.69) is 22.0 Å². The summed E-state index contributed by atoms with van der Waals surface area (Å²) in [6.07, 6.45) is 3.56. The minimum Gasteiger partial charge on any atom is -0.207 e. The predicted octanol–water partition coefficient (Wildman–Crippen LogP) is 4.35. The molecule has 1 saturated carbocycles. The minimum atomic E-state index is -0.581. The molecule has 1 aromatic rings. The Hall–Kier alpha value is -0.950. The first kappa shape index (κ1) is 12.5. The molecule has 0 bridgehead atoms. The van der Waals surface area contributed by atoms with Crippen LogP contribution < -0.4 is 0 Å². The quantitative estimate of drug-likeness (QED) is 0.745. The van der Waals surface area contributed by atoms with Gasteiger partial charge in [-0.05, 0) is 47.3 Å². The maximum Gasteiger partial charge on any atom is 0.143 e. The molecule has 90 valence electrons. The molecular weight excluding hydrogens is 288 g/mol. The lowest BCUT2D eigenvalue weighted by atomic mass is 9.81. The zero-order valence-corrected chi connectivity index (χ0v) is 10.9. The second-order valence-electron chi connectivity index (χ2n) is 4.60. The summed E-state index contributed by atoms with van der Waals surface area (Å²) in [7, 11) is 0. The Morgan fingerprint density at radius 2 is 1.94 bits per heavy atom. The van der Waals surface area contributed by atoms with E-state index < -0.39 is 17.0 Å². The molecule has 1 fully saturated rings. The van der Waals surface area contributed by atoms with Crippen LogP contribution in [0, 0.1) is 28.4 Å². The van der Waals surface area contributed by atoms with Gasteiger partial charge in [-0.25, -0.2) is 8.78 Å². The van der Waals surface area contributed by atoms with Crippen LogP contribution >= 0.6 is 15.9 Å². The summed E-state index contributed by atoms with van der Waals surface area (Å²) in [5.41, 5.74) is -0.550. The van der Waals surface area contributed by atoms with Crippen molar-refractivity contribution in [3.8, 4) is 6.07 Å². The zero-order chi connectivity index (χ0) is 12.5. The number of rotatable bonds is 2. The molecule has 0 saturated heterocycles. The van der Waals surface area contributed by atoms with E-state index >= 15 is 0 Å². The van der Waals surface area contributed by atoms with Crippen LogP contribution in [0.2, 0.25) is 0 Å². The maximum absolute atomic E-state index is 13.8. The van der Waals surface area contributed by atoms with E-state index in [1.165, 1.54) is 12.1 Å². The Kier molecular flexibility index (Phi) is 3.48. The molecule has 0 atom stereocenters. The molecule has 0 unspecified atom stereocenters. The van der Waals surface area contributed by atoms with E-state index in [9.17, 15) is 14.0 Å². The van der Waals surface area contributed by atoms with E-state index in [1.54, 1.807) is 0 Å². The fourth-order valence-corrected chi connectivity index (χ4v) is 2.82. The highest BCUT2D eigenvalue weighted by atomic mass is 79.9. The second kappa shape index (κ2) is 4.73. The van der Waals surface area contributed by atoms with Crippen LogP contribution in [0.3, 0.4) is 0 Å². The van der Waals surface area contributed by atoms with Crippen molar-refractivity contribution in [1.82, 2.24) is 0 Å². The molecule has 2 rings (SSSR count). The van der Waals surface area contributed by atoms with Gasteiger partial charge in [0.15, 0.2) is 0 Å². The van der Waals surface area contributed by atoms with Crippen LogP contribution in [-0.2, 0) is 6.42 Å². The van der Waals surface area contributed by atoms with E-state index in [1.807, 2.05) is 0 Å². The van der Waals surface area contributed by atoms with Crippen molar-refractivity contribution in [2.24, 2.45) is 5.41 Å². The van der Waals surface area contributed by atoms with Crippen molar-refractivity contribution in [3.05, 3.63) is 33.8 Å². The Balaban J connectivity index is 2.36. The van der Waals surface area contributed by atoms with Crippen molar-refractivity contribution in [2.45, 2.75) is 32.1 Å². The number of nitriles is 1. The first-order valence-electron chi connectivity index (χ1n) is 5.62. The van der Waals surface area contributed by atoms with Gasteiger partial charge in [-0.15, -0.1) is 0 Å². The summed E-state index contributed by atoms with van der Waals surface area (Å²) in [5, 5.41) is 9.22. The van der Waals surface area contributed by atoms with Gasteiger partial charge in [0.2, 0.25) is 0 Å². The van der Waals surface area contributed by atoms with Crippen molar-refractivity contribution in [2.75, 3.05) is 0 Å². The van der Waals surface area contributed by atoms with E-state index in [0.29, 0.717) is 0 Å². The lowest BCUT2D eigenvalue weighted by Gasteiger charge is -2.20. The molecule has 1 nitrogen and oxygen atoms in total. The maximum atomic E-state index is 13.8. The van der Waals surface area contributed by atoms with Crippen molar-refractivity contribution in [3.63, 3.8) is 0 Å². The molecule has 1 aromatic carbocycles. The summed E-state index contributed by atoms with van der Waals surface area (Å²) < 4.78 is 27.7. The number of hydrogen-bond acceptors (Lipinski definition) is 1. The van der Waals surface area contributed by atoms with Gasteiger partial charge >= 0.3 is 0 Å². The number of nitrogens with zero attached hydrogens (tertiary/aromatic N) is 1. The molecule has 0 spiro atoms. The van der Waals surface area contributed by atoms with Gasteiger partial charge in [0.1, 0.15) is 11.6 Å². The van der Waals surface area contributed by atoms with E-state index in [-0.39, 0.29) is 16.5 Å². The summed E-state index contributed by atoms with van der Waals surface area (Å²) >= 11 is 3.04. The van der Waals surface area contributed by atoms with Crippen LogP contribution in [0.1, 0.15) is 31.2 Å². The molecule has 0 heterocycles. The molecule has 0 amide bonds. The fourth-order valence-electron chi connectivity index (χ4n) is 2.45. The van der Waals surface area contributed by atoms with Crippen LogP contribution in [0.5, 0.6) is 0 Å². The molecule has 1 aliphatic carbocycles. The smallest absolute Gasteiger partial charge is 0.143 e. The molecule has 1 aliphatic rings. The highest BCUT2D eigenvalue weighted by molar-refractivity contribution is 9.10. The summed E-state index contributed by atoms with van der Waals surface area (Å²) in [6.45, 7) is 0. The topological polar surface area (TPSA) is 23.8 Å². The molecule has 0 N–H and O–H groups in total. The average molecular weight is 300 g/mol. The summed E-state index contributed by atoms with van der Waals surface area (Å²) in [4.78, 5) is 0. The normalized spacial score (nSPS) is 18.0. The molecular formula is C13H12BrF2N. The third kappa shape index (κ3) is 2.35. The van der Waals surface area contributed by atoms with Gasteiger partial charge in [0.25, 0.3) is 0 Å². The van der Waals surface area contributed by atoms with Gasteiger partial charge in [0, 0.05) is 5.56 Å². The Bertz CT molecular complexity index is 473. The number of benzene rings is 1. The van der Waals surface area contributed by atoms with E-state index in [0.717, 1.165) is 25.7 Å². The Morgan fingerprint density at radius 3 is 2.53 bits per heavy atom. The Labute approximate surface area is 108 Å². The van der Waals surface area contributed by atoms with Gasteiger partial charge in [-0.3, -0.25) is 0 Å². The molecule has 0 radical (unpaired) electrons. The van der Waals surface area contributed by atoms with E-state index in [4.69, 9.17) is 0 Å².